The van der Waals surface area contributed by atoms with Crippen molar-refractivity contribution in [3.05, 3.63) is 22.7 Å². The van der Waals surface area contributed by atoms with Gasteiger partial charge < -0.3 is 9.47 Å². The summed E-state index contributed by atoms with van der Waals surface area (Å²) in [5, 5.41) is 0. The molecule has 1 aromatic rings. The summed E-state index contributed by atoms with van der Waals surface area (Å²) in [5.74, 6) is -0.364. The second-order valence-electron chi connectivity index (χ2n) is 4.86. The molecule has 130 valence electrons. The summed E-state index contributed by atoms with van der Waals surface area (Å²) in [7, 11) is -2.53. The number of carbonyl (C=O) groups excluding carboxylic acids is 1. The molecule has 0 aliphatic rings. The maximum absolute atomic E-state index is 12.6. The van der Waals surface area contributed by atoms with Crippen LogP contribution in [0.2, 0.25) is 0 Å². The van der Waals surface area contributed by atoms with Crippen molar-refractivity contribution in [1.82, 2.24) is 4.72 Å². The van der Waals surface area contributed by atoms with Gasteiger partial charge in [0.25, 0.3) is 0 Å². The third-order valence-corrected chi connectivity index (χ3v) is 5.12. The van der Waals surface area contributed by atoms with Gasteiger partial charge in [-0.05, 0) is 31.5 Å². The smallest absolute Gasteiger partial charge is 0.324 e. The third-order valence-electron chi connectivity index (χ3n) is 3.13. The van der Waals surface area contributed by atoms with Gasteiger partial charge in [0.05, 0.1) is 13.7 Å². The minimum Gasteiger partial charge on any atom is -0.495 e. The van der Waals surface area contributed by atoms with E-state index in [-0.39, 0.29) is 17.3 Å². The van der Waals surface area contributed by atoms with Gasteiger partial charge in [0.15, 0.2) is 0 Å². The van der Waals surface area contributed by atoms with Crippen LogP contribution in [0.4, 0.5) is 0 Å². The van der Waals surface area contributed by atoms with E-state index in [2.05, 4.69) is 20.7 Å². The Kier molecular flexibility index (Phi) is 8.01. The molecule has 6 nitrogen and oxygen atoms in total. The second kappa shape index (κ2) is 9.24. The van der Waals surface area contributed by atoms with Crippen LogP contribution in [-0.4, -0.2) is 34.1 Å². The quantitative estimate of drug-likeness (QED) is 0.636. The number of halogens is 1. The van der Waals surface area contributed by atoms with Crippen molar-refractivity contribution in [1.29, 1.82) is 0 Å². The molecule has 0 aromatic heterocycles. The van der Waals surface area contributed by atoms with E-state index in [9.17, 15) is 13.2 Å². The van der Waals surface area contributed by atoms with Gasteiger partial charge in [0, 0.05) is 4.47 Å². The summed E-state index contributed by atoms with van der Waals surface area (Å²) in [6.45, 7) is 3.85. The molecular formula is C15H22BrNO5S. The average Bonchev–Trinajstić information content (AvgIpc) is 2.51. The highest BCUT2D eigenvalue weighted by molar-refractivity contribution is 9.10. The number of rotatable bonds is 9. The SMILES string of the molecule is CCCCC(NS(=O)(=O)c1cc(Br)ccc1OC)C(=O)OCC. The molecule has 0 aliphatic carbocycles. The molecular weight excluding hydrogens is 386 g/mol. The largest absolute Gasteiger partial charge is 0.495 e. The summed E-state index contributed by atoms with van der Waals surface area (Å²) < 4.78 is 38.3. The van der Waals surface area contributed by atoms with E-state index in [1.54, 1.807) is 19.1 Å². The lowest BCUT2D eigenvalue weighted by Crippen LogP contribution is -2.41. The average molecular weight is 408 g/mol. The second-order valence-corrected chi connectivity index (χ2v) is 7.46. The summed E-state index contributed by atoms with van der Waals surface area (Å²) in [6, 6.07) is 3.74. The Morgan fingerprint density at radius 3 is 2.61 bits per heavy atom. The van der Waals surface area contributed by atoms with Crippen molar-refractivity contribution in [3.8, 4) is 5.75 Å². The minimum atomic E-state index is -3.92. The van der Waals surface area contributed by atoms with Crippen LogP contribution in [0.3, 0.4) is 0 Å². The van der Waals surface area contributed by atoms with Crippen LogP contribution in [-0.2, 0) is 19.6 Å². The molecule has 23 heavy (non-hydrogen) atoms. The van der Waals surface area contributed by atoms with E-state index in [1.165, 1.54) is 13.2 Å². The molecule has 0 fully saturated rings. The van der Waals surface area contributed by atoms with Gasteiger partial charge in [-0.2, -0.15) is 4.72 Å². The van der Waals surface area contributed by atoms with Gasteiger partial charge in [-0.25, -0.2) is 8.42 Å². The maximum Gasteiger partial charge on any atom is 0.324 e. The van der Waals surface area contributed by atoms with Gasteiger partial charge in [-0.15, -0.1) is 0 Å². The number of benzene rings is 1. The zero-order chi connectivity index (χ0) is 17.5. The molecule has 1 aromatic carbocycles. The third kappa shape index (κ3) is 5.78. The van der Waals surface area contributed by atoms with E-state index in [1.807, 2.05) is 6.92 Å². The maximum atomic E-state index is 12.6. The first-order valence-corrected chi connectivity index (χ1v) is 9.65. The Morgan fingerprint density at radius 1 is 1.35 bits per heavy atom. The lowest BCUT2D eigenvalue weighted by atomic mass is 10.1. The first-order chi connectivity index (χ1) is 10.9. The number of carbonyl (C=O) groups is 1. The number of esters is 1. The van der Waals surface area contributed by atoms with Gasteiger partial charge in [0.1, 0.15) is 16.7 Å². The molecule has 1 rings (SSSR count). The van der Waals surface area contributed by atoms with Gasteiger partial charge in [-0.3, -0.25) is 4.79 Å². The zero-order valence-corrected chi connectivity index (χ0v) is 15.9. The summed E-state index contributed by atoms with van der Waals surface area (Å²) in [5.41, 5.74) is 0. The number of unbranched alkanes of at least 4 members (excludes halogenated alkanes) is 1. The fourth-order valence-electron chi connectivity index (χ4n) is 1.99. The Labute approximate surface area is 145 Å². The van der Waals surface area contributed by atoms with Crippen molar-refractivity contribution < 1.29 is 22.7 Å². The standard InChI is InChI=1S/C15H22BrNO5S/c1-4-6-7-12(15(18)22-5-2)17-23(19,20)14-10-11(16)8-9-13(14)21-3/h8-10,12,17H,4-7H2,1-3H3. The fraction of sp³-hybridized carbons (Fsp3) is 0.533. The number of nitrogens with one attached hydrogen (secondary N) is 1. The van der Waals surface area contributed by atoms with Crippen LogP contribution < -0.4 is 9.46 Å². The number of methoxy groups -OCH3 is 1. The molecule has 0 spiro atoms. The monoisotopic (exact) mass is 407 g/mol. The van der Waals surface area contributed by atoms with Crippen molar-refractivity contribution >= 4 is 31.9 Å². The van der Waals surface area contributed by atoms with E-state index in [0.29, 0.717) is 17.3 Å². The highest BCUT2D eigenvalue weighted by Gasteiger charge is 2.28. The Bertz CT molecular complexity index is 633. The molecule has 0 saturated carbocycles. The molecule has 8 heteroatoms. The van der Waals surface area contributed by atoms with E-state index < -0.39 is 22.0 Å². The molecule has 1 atom stereocenters. The number of hydrogen-bond acceptors (Lipinski definition) is 5. The molecule has 0 heterocycles. The first kappa shape index (κ1) is 19.9. The minimum absolute atomic E-state index is 0.0276. The number of hydrogen-bond donors (Lipinski definition) is 1. The van der Waals surface area contributed by atoms with Crippen molar-refractivity contribution in [2.75, 3.05) is 13.7 Å². The van der Waals surface area contributed by atoms with E-state index in [4.69, 9.17) is 9.47 Å². The lowest BCUT2D eigenvalue weighted by Gasteiger charge is -2.18. The number of ether oxygens (including phenoxy) is 2. The zero-order valence-electron chi connectivity index (χ0n) is 13.5. The van der Waals surface area contributed by atoms with Crippen LogP contribution >= 0.6 is 15.9 Å². The van der Waals surface area contributed by atoms with Gasteiger partial charge >= 0.3 is 5.97 Å². The highest BCUT2D eigenvalue weighted by Crippen LogP contribution is 2.27. The summed E-state index contributed by atoms with van der Waals surface area (Å²) in [4.78, 5) is 12.0. The van der Waals surface area contributed by atoms with Gasteiger partial charge in [-0.1, -0.05) is 35.7 Å². The Morgan fingerprint density at radius 2 is 2.04 bits per heavy atom. The molecule has 0 amide bonds. The van der Waals surface area contributed by atoms with Gasteiger partial charge in [0.2, 0.25) is 10.0 Å². The summed E-state index contributed by atoms with van der Waals surface area (Å²) >= 11 is 3.24. The van der Waals surface area contributed by atoms with Crippen LogP contribution in [0.5, 0.6) is 5.75 Å². The van der Waals surface area contributed by atoms with Crippen molar-refractivity contribution in [2.24, 2.45) is 0 Å². The predicted molar refractivity (Wildman–Crippen MR) is 91.0 cm³/mol. The normalized spacial score (nSPS) is 12.7. The van der Waals surface area contributed by atoms with Crippen LogP contribution in [0, 0.1) is 0 Å². The molecule has 0 aliphatic heterocycles. The van der Waals surface area contributed by atoms with Crippen molar-refractivity contribution in [2.45, 2.75) is 44.0 Å². The number of sulfonamides is 1. The lowest BCUT2D eigenvalue weighted by molar-refractivity contribution is -0.145. The van der Waals surface area contributed by atoms with Crippen molar-refractivity contribution in [3.63, 3.8) is 0 Å². The van der Waals surface area contributed by atoms with Crippen LogP contribution in [0.25, 0.3) is 0 Å². The first-order valence-electron chi connectivity index (χ1n) is 7.38. The molecule has 0 saturated heterocycles. The van der Waals surface area contributed by atoms with Crippen LogP contribution in [0.15, 0.2) is 27.6 Å². The molecule has 0 bridgehead atoms. The highest BCUT2D eigenvalue weighted by atomic mass is 79.9. The van der Waals surface area contributed by atoms with E-state index in [0.717, 1.165) is 6.42 Å². The van der Waals surface area contributed by atoms with E-state index >= 15 is 0 Å². The predicted octanol–water partition coefficient (Wildman–Crippen LogP) is 2.86. The topological polar surface area (TPSA) is 81.7 Å². The molecule has 1 unspecified atom stereocenters. The van der Waals surface area contributed by atoms with Crippen LogP contribution in [0.1, 0.15) is 33.1 Å². The molecule has 1 N–H and O–H groups in total. The molecule has 0 radical (unpaired) electrons. The Hall–Kier alpha value is -1.12. The fourth-order valence-corrected chi connectivity index (χ4v) is 3.91. The summed E-state index contributed by atoms with van der Waals surface area (Å²) in [6.07, 6.45) is 1.93. The Balaban J connectivity index is 3.10.